The number of nitrogens with one attached hydrogen (secondary N) is 1. The fourth-order valence-electron chi connectivity index (χ4n) is 2.25. The zero-order chi connectivity index (χ0) is 16.0. The number of hydrazone groups is 1. The van der Waals surface area contributed by atoms with Gasteiger partial charge in [-0.1, -0.05) is 30.3 Å². The molecular weight excluding hydrogens is 368 g/mol. The second-order valence-corrected chi connectivity index (χ2v) is 8.35. The van der Waals surface area contributed by atoms with Crippen LogP contribution in [-0.2, 0) is 14.6 Å². The third kappa shape index (κ3) is 5.73. The van der Waals surface area contributed by atoms with Crippen LogP contribution in [0.5, 0.6) is 0 Å². The molecule has 0 saturated carbocycles. The quantitative estimate of drug-likeness (QED) is 0.625. The Kier molecular flexibility index (Phi) is 5.90. The maximum Gasteiger partial charge on any atom is 0.240 e. The molecule has 0 aliphatic carbocycles. The van der Waals surface area contributed by atoms with E-state index in [4.69, 9.17) is 0 Å². The molecule has 1 N–H and O–H groups in total. The van der Waals surface area contributed by atoms with Gasteiger partial charge >= 0.3 is 0 Å². The summed E-state index contributed by atoms with van der Waals surface area (Å²) in [5.74, 6) is -0.0803. The first-order valence-corrected chi connectivity index (χ1v) is 9.50. The van der Waals surface area contributed by atoms with E-state index in [0.717, 1.165) is 10.0 Å². The molecule has 1 amide bonds. The second-order valence-electron chi connectivity index (χ2n) is 5.21. The molecule has 1 heterocycles. The fraction of sp³-hybridized carbons (Fsp3) is 0.333. The normalized spacial score (nSPS) is 21.1. The van der Waals surface area contributed by atoms with E-state index in [1.165, 1.54) is 6.21 Å². The molecule has 1 aromatic rings. The zero-order valence-electron chi connectivity index (χ0n) is 11.9. The largest absolute Gasteiger partial charge is 0.273 e. The Morgan fingerprint density at radius 1 is 1.36 bits per heavy atom. The van der Waals surface area contributed by atoms with Crippen LogP contribution < -0.4 is 5.43 Å². The minimum atomic E-state index is -2.94. The van der Waals surface area contributed by atoms with Gasteiger partial charge in [-0.25, -0.2) is 13.8 Å². The van der Waals surface area contributed by atoms with E-state index in [2.05, 4.69) is 26.5 Å². The average Bonchev–Trinajstić information content (AvgIpc) is 2.79. The first kappa shape index (κ1) is 16.9. The Balaban J connectivity index is 1.79. The molecule has 7 heteroatoms. The minimum Gasteiger partial charge on any atom is -0.273 e. The molecule has 1 fully saturated rings. The molecule has 2 rings (SSSR count). The summed E-state index contributed by atoms with van der Waals surface area (Å²) in [6.45, 7) is 0. The molecule has 5 nitrogen and oxygen atoms in total. The molecule has 0 spiro atoms. The lowest BCUT2D eigenvalue weighted by atomic mass is 10.1. The molecule has 118 valence electrons. The van der Waals surface area contributed by atoms with Crippen LogP contribution in [0.3, 0.4) is 0 Å². The molecule has 0 aromatic heterocycles. The van der Waals surface area contributed by atoms with Crippen molar-refractivity contribution in [3.8, 4) is 0 Å². The molecule has 0 unspecified atom stereocenters. The third-order valence-corrected chi connectivity index (χ3v) is 5.55. The second kappa shape index (κ2) is 7.69. The predicted octanol–water partition coefficient (Wildman–Crippen LogP) is 2.35. The summed E-state index contributed by atoms with van der Waals surface area (Å²) in [4.78, 5) is 11.7. The van der Waals surface area contributed by atoms with Crippen LogP contribution in [0.15, 0.2) is 39.9 Å². The van der Waals surface area contributed by atoms with Gasteiger partial charge in [0.1, 0.15) is 0 Å². The van der Waals surface area contributed by atoms with E-state index >= 15 is 0 Å². The van der Waals surface area contributed by atoms with Crippen molar-refractivity contribution in [1.82, 2.24) is 5.43 Å². The van der Waals surface area contributed by atoms with E-state index < -0.39 is 9.84 Å². The van der Waals surface area contributed by atoms with Crippen molar-refractivity contribution in [2.45, 2.75) is 12.8 Å². The number of sulfone groups is 1. The summed E-state index contributed by atoms with van der Waals surface area (Å²) in [5, 5.41) is 3.86. The Morgan fingerprint density at radius 2 is 2.09 bits per heavy atom. The van der Waals surface area contributed by atoms with Gasteiger partial charge in [-0.15, -0.1) is 0 Å². The maximum absolute atomic E-state index is 11.7. The first-order chi connectivity index (χ1) is 10.4. The van der Waals surface area contributed by atoms with Crippen molar-refractivity contribution in [3.05, 3.63) is 40.4 Å². The number of benzene rings is 1. The number of rotatable bonds is 5. The number of allylic oxidation sites excluding steroid dienone is 1. The maximum atomic E-state index is 11.7. The highest BCUT2D eigenvalue weighted by Crippen LogP contribution is 2.21. The number of carbonyl (C=O) groups excluding carboxylic acids is 1. The van der Waals surface area contributed by atoms with Gasteiger partial charge in [0.2, 0.25) is 5.91 Å². The molecule has 0 radical (unpaired) electrons. The molecule has 1 saturated heterocycles. The smallest absolute Gasteiger partial charge is 0.240 e. The summed E-state index contributed by atoms with van der Waals surface area (Å²) in [6.07, 6.45) is 4.11. The van der Waals surface area contributed by atoms with Crippen molar-refractivity contribution < 1.29 is 13.2 Å². The average molecular weight is 385 g/mol. The van der Waals surface area contributed by atoms with Crippen LogP contribution >= 0.6 is 15.9 Å². The monoisotopic (exact) mass is 384 g/mol. The minimum absolute atomic E-state index is 0.0940. The van der Waals surface area contributed by atoms with Gasteiger partial charge in [-0.05, 0) is 39.9 Å². The number of carbonyl (C=O) groups is 1. The van der Waals surface area contributed by atoms with Crippen molar-refractivity contribution in [1.29, 1.82) is 0 Å². The molecule has 1 aromatic carbocycles. The molecule has 22 heavy (non-hydrogen) atoms. The lowest BCUT2D eigenvalue weighted by molar-refractivity contribution is -0.121. The molecular formula is C15H17BrN2O3S. The van der Waals surface area contributed by atoms with Crippen molar-refractivity contribution >= 4 is 44.0 Å². The predicted molar refractivity (Wildman–Crippen MR) is 91.4 cm³/mol. The van der Waals surface area contributed by atoms with Crippen LogP contribution in [0.4, 0.5) is 0 Å². The van der Waals surface area contributed by atoms with Gasteiger partial charge in [0, 0.05) is 10.9 Å². The summed E-state index contributed by atoms with van der Waals surface area (Å²) >= 11 is 3.35. The number of hydrogen-bond acceptors (Lipinski definition) is 4. The summed E-state index contributed by atoms with van der Waals surface area (Å²) in [6, 6.07) is 9.70. The number of amides is 1. The van der Waals surface area contributed by atoms with Crippen molar-refractivity contribution in [3.63, 3.8) is 0 Å². The molecule has 1 aliphatic rings. The first-order valence-electron chi connectivity index (χ1n) is 6.89. The standard InChI is InChI=1S/C15H17BrN2O3S/c16-14(8-12-4-2-1-3-5-12)10-17-18-15(19)9-13-6-7-22(20,21)11-13/h1-5,8,10,13H,6-7,9,11H2,(H,18,19)/b14-8-,17-10-/t13-/m0/s1. The Bertz CT molecular complexity index is 684. The summed E-state index contributed by atoms with van der Waals surface area (Å²) in [5.41, 5.74) is 3.44. The van der Waals surface area contributed by atoms with Gasteiger partial charge in [-0.2, -0.15) is 5.10 Å². The van der Waals surface area contributed by atoms with Crippen LogP contribution in [0.1, 0.15) is 18.4 Å². The van der Waals surface area contributed by atoms with E-state index in [1.54, 1.807) is 0 Å². The molecule has 1 aliphatic heterocycles. The third-order valence-electron chi connectivity index (χ3n) is 3.28. The molecule has 0 bridgehead atoms. The van der Waals surface area contributed by atoms with Gasteiger partial charge < -0.3 is 0 Å². The SMILES string of the molecule is O=C(C[C@@H]1CCS(=O)(=O)C1)N/N=C\C(Br)=C\c1ccccc1. The van der Waals surface area contributed by atoms with Gasteiger partial charge in [0.05, 0.1) is 17.7 Å². The Hall–Kier alpha value is -1.47. The van der Waals surface area contributed by atoms with E-state index in [9.17, 15) is 13.2 Å². The topological polar surface area (TPSA) is 75.6 Å². The van der Waals surface area contributed by atoms with Crippen molar-refractivity contribution in [2.75, 3.05) is 11.5 Å². The van der Waals surface area contributed by atoms with Crippen LogP contribution in [0.25, 0.3) is 6.08 Å². The van der Waals surface area contributed by atoms with Gasteiger partial charge in [0.25, 0.3) is 0 Å². The van der Waals surface area contributed by atoms with Gasteiger partial charge in [-0.3, -0.25) is 4.79 Å². The lowest BCUT2D eigenvalue weighted by Crippen LogP contribution is -2.21. The number of hydrogen-bond donors (Lipinski definition) is 1. The highest BCUT2D eigenvalue weighted by Gasteiger charge is 2.29. The van der Waals surface area contributed by atoms with Crippen LogP contribution in [-0.4, -0.2) is 32.0 Å². The number of nitrogens with zero attached hydrogens (tertiary/aromatic N) is 1. The lowest BCUT2D eigenvalue weighted by Gasteiger charge is -2.05. The molecule has 1 atom stereocenters. The van der Waals surface area contributed by atoms with Crippen LogP contribution in [0, 0.1) is 5.92 Å². The number of halogens is 1. The van der Waals surface area contributed by atoms with Crippen LogP contribution in [0.2, 0.25) is 0 Å². The Morgan fingerprint density at radius 3 is 2.73 bits per heavy atom. The highest BCUT2D eigenvalue weighted by atomic mass is 79.9. The highest BCUT2D eigenvalue weighted by molar-refractivity contribution is 9.12. The van der Waals surface area contributed by atoms with E-state index in [0.29, 0.717) is 6.42 Å². The summed E-state index contributed by atoms with van der Waals surface area (Å²) in [7, 11) is -2.94. The van der Waals surface area contributed by atoms with E-state index in [-0.39, 0.29) is 29.8 Å². The fourth-order valence-corrected chi connectivity index (χ4v) is 4.48. The summed E-state index contributed by atoms with van der Waals surface area (Å²) < 4.78 is 23.4. The van der Waals surface area contributed by atoms with Gasteiger partial charge in [0.15, 0.2) is 9.84 Å². The van der Waals surface area contributed by atoms with E-state index in [1.807, 2.05) is 36.4 Å². The zero-order valence-corrected chi connectivity index (χ0v) is 14.3. The van der Waals surface area contributed by atoms with Crippen molar-refractivity contribution in [2.24, 2.45) is 11.0 Å². The Labute approximate surface area is 138 Å².